The molecule has 1 unspecified atom stereocenters. The summed E-state index contributed by atoms with van der Waals surface area (Å²) in [5, 5.41) is 9.29. The molecule has 0 saturated heterocycles. The highest BCUT2D eigenvalue weighted by atomic mass is 35.5. The quantitative estimate of drug-likeness (QED) is 0.615. The third-order valence-electron chi connectivity index (χ3n) is 4.37. The van der Waals surface area contributed by atoms with Crippen LogP contribution in [-0.4, -0.2) is 43.1 Å². The van der Waals surface area contributed by atoms with Crippen LogP contribution < -0.4 is 0 Å². The number of carbonyl (C=O) groups is 2. The molecule has 0 saturated carbocycles. The fourth-order valence-corrected chi connectivity index (χ4v) is 4.82. The number of hydrogen-bond acceptors (Lipinski definition) is 4. The molecule has 0 aromatic heterocycles. The molecule has 0 bridgehead atoms. The number of rotatable bonds is 9. The molecule has 6 nitrogen and oxygen atoms in total. The summed E-state index contributed by atoms with van der Waals surface area (Å²) in [4.78, 5) is 25.3. The number of carbonyl (C=O) groups excluding carboxylic acids is 1. The summed E-state index contributed by atoms with van der Waals surface area (Å²) in [5.74, 6) is -3.05. The first kappa shape index (κ1) is 23.2. The van der Waals surface area contributed by atoms with Gasteiger partial charge in [0.25, 0.3) is 0 Å². The molecule has 2 rings (SSSR count). The van der Waals surface area contributed by atoms with Gasteiger partial charge in [-0.15, -0.1) is 0 Å². The molecule has 0 aliphatic heterocycles. The summed E-state index contributed by atoms with van der Waals surface area (Å²) in [6.45, 7) is 0.288. The Hall–Kier alpha value is -2.09. The lowest BCUT2D eigenvalue weighted by Crippen LogP contribution is -2.36. The van der Waals surface area contributed by atoms with Crippen LogP contribution in [0.3, 0.4) is 0 Å². The summed E-state index contributed by atoms with van der Waals surface area (Å²) < 4.78 is 25.6. The van der Waals surface area contributed by atoms with Gasteiger partial charge in [-0.3, -0.25) is 9.59 Å². The maximum absolute atomic E-state index is 12.9. The van der Waals surface area contributed by atoms with E-state index in [1.165, 1.54) is 23.1 Å². The number of nitrogens with zero attached hydrogens (tertiary/aromatic N) is 1. The second-order valence-corrected chi connectivity index (χ2v) is 9.52. The number of benzene rings is 2. The van der Waals surface area contributed by atoms with Gasteiger partial charge in [0.05, 0.1) is 26.6 Å². The maximum Gasteiger partial charge on any atom is 0.303 e. The Morgan fingerprint density at radius 3 is 2.31 bits per heavy atom. The Labute approximate surface area is 180 Å². The van der Waals surface area contributed by atoms with Crippen molar-refractivity contribution in [3.8, 4) is 0 Å². The lowest BCUT2D eigenvalue weighted by molar-refractivity contribution is -0.138. The van der Waals surface area contributed by atoms with Crippen molar-refractivity contribution >= 4 is 44.9 Å². The van der Waals surface area contributed by atoms with Crippen molar-refractivity contribution in [3.63, 3.8) is 0 Å². The van der Waals surface area contributed by atoms with Gasteiger partial charge in [-0.25, -0.2) is 8.42 Å². The summed E-state index contributed by atoms with van der Waals surface area (Å²) >= 11 is 11.8. The predicted octanol–water partition coefficient (Wildman–Crippen LogP) is 3.91. The molecule has 1 amide bonds. The molecule has 9 heteroatoms. The topological polar surface area (TPSA) is 91.8 Å². The minimum atomic E-state index is -3.88. The van der Waals surface area contributed by atoms with Crippen LogP contribution in [0, 0.1) is 5.92 Å². The zero-order valence-electron chi connectivity index (χ0n) is 15.7. The molecule has 1 atom stereocenters. The van der Waals surface area contributed by atoms with E-state index in [0.29, 0.717) is 0 Å². The number of carboxylic acid groups (broad SMARTS) is 1. The number of aliphatic carboxylic acids is 1. The normalized spacial score (nSPS) is 12.4. The van der Waals surface area contributed by atoms with E-state index in [4.69, 9.17) is 28.3 Å². The first-order valence-electron chi connectivity index (χ1n) is 8.78. The maximum atomic E-state index is 12.9. The summed E-state index contributed by atoms with van der Waals surface area (Å²) in [5.41, 5.74) is 0.882. The van der Waals surface area contributed by atoms with Crippen molar-refractivity contribution in [2.45, 2.75) is 24.3 Å². The lowest BCUT2D eigenvalue weighted by atomic mass is 10.0. The van der Waals surface area contributed by atoms with E-state index >= 15 is 0 Å². The van der Waals surface area contributed by atoms with Gasteiger partial charge in [-0.05, 0) is 30.2 Å². The molecule has 29 heavy (non-hydrogen) atoms. The largest absolute Gasteiger partial charge is 0.481 e. The molecular formula is C20H21Cl2NO5S. The highest BCUT2D eigenvalue weighted by molar-refractivity contribution is 7.91. The van der Waals surface area contributed by atoms with Gasteiger partial charge >= 0.3 is 5.97 Å². The van der Waals surface area contributed by atoms with Crippen LogP contribution in [0.15, 0.2) is 53.4 Å². The summed E-state index contributed by atoms with van der Waals surface area (Å²) in [7, 11) is -2.32. The molecule has 0 aliphatic rings. The van der Waals surface area contributed by atoms with Crippen LogP contribution >= 0.6 is 23.2 Å². The van der Waals surface area contributed by atoms with Gasteiger partial charge in [-0.1, -0.05) is 53.5 Å². The van der Waals surface area contributed by atoms with Gasteiger partial charge in [-0.2, -0.15) is 0 Å². The Morgan fingerprint density at radius 2 is 1.72 bits per heavy atom. The van der Waals surface area contributed by atoms with Crippen LogP contribution in [0.5, 0.6) is 0 Å². The smallest absolute Gasteiger partial charge is 0.303 e. The zero-order chi connectivity index (χ0) is 21.6. The predicted molar refractivity (Wildman–Crippen MR) is 112 cm³/mol. The third-order valence-corrected chi connectivity index (χ3v) is 6.92. The van der Waals surface area contributed by atoms with Crippen molar-refractivity contribution in [1.82, 2.24) is 4.90 Å². The number of sulfone groups is 1. The van der Waals surface area contributed by atoms with Crippen LogP contribution in [0.1, 0.15) is 18.4 Å². The number of halogens is 2. The monoisotopic (exact) mass is 457 g/mol. The molecule has 0 spiro atoms. The molecule has 2 aromatic rings. The van der Waals surface area contributed by atoms with Gasteiger partial charge in [0.15, 0.2) is 9.84 Å². The number of carboxylic acids is 1. The van der Waals surface area contributed by atoms with Gasteiger partial charge < -0.3 is 10.0 Å². The molecule has 0 radical (unpaired) electrons. The molecule has 0 heterocycles. The molecule has 0 fully saturated rings. The Bertz CT molecular complexity index is 980. The van der Waals surface area contributed by atoms with Crippen LogP contribution in [0.25, 0.3) is 0 Å². The molecule has 156 valence electrons. The second kappa shape index (κ2) is 10.1. The second-order valence-electron chi connectivity index (χ2n) is 6.67. The first-order chi connectivity index (χ1) is 13.6. The zero-order valence-corrected chi connectivity index (χ0v) is 18.0. The Morgan fingerprint density at radius 1 is 1.07 bits per heavy atom. The van der Waals surface area contributed by atoms with E-state index in [1.807, 2.05) is 30.3 Å². The van der Waals surface area contributed by atoms with Gasteiger partial charge in [0, 0.05) is 20.0 Å². The summed E-state index contributed by atoms with van der Waals surface area (Å²) in [6.07, 6.45) is -0.402. The summed E-state index contributed by atoms with van der Waals surface area (Å²) in [6, 6.07) is 13.1. The average Bonchev–Trinajstić information content (AvgIpc) is 2.67. The third kappa shape index (κ3) is 6.73. The van der Waals surface area contributed by atoms with Crippen molar-refractivity contribution in [3.05, 3.63) is 64.1 Å². The number of hydrogen-bond donors (Lipinski definition) is 1. The Kier molecular flexibility index (Phi) is 8.07. The molecule has 2 aromatic carbocycles. The van der Waals surface area contributed by atoms with Crippen molar-refractivity contribution in [1.29, 1.82) is 0 Å². The van der Waals surface area contributed by atoms with Crippen molar-refractivity contribution in [2.75, 3.05) is 12.8 Å². The molecule has 1 N–H and O–H groups in total. The van der Waals surface area contributed by atoms with Crippen molar-refractivity contribution in [2.24, 2.45) is 5.92 Å². The van der Waals surface area contributed by atoms with Crippen LogP contribution in [0.2, 0.25) is 10.0 Å². The van der Waals surface area contributed by atoms with E-state index in [1.54, 1.807) is 7.05 Å². The SMILES string of the molecule is CN(Cc1ccccc1)C(=O)C(CCC(=O)O)CS(=O)(=O)c1ccc(Cl)c(Cl)c1. The van der Waals surface area contributed by atoms with Gasteiger partial charge in [0.1, 0.15) is 0 Å². The molecule has 0 aliphatic carbocycles. The van der Waals surface area contributed by atoms with E-state index in [9.17, 15) is 18.0 Å². The van der Waals surface area contributed by atoms with Crippen LogP contribution in [-0.2, 0) is 26.0 Å². The molecular weight excluding hydrogens is 437 g/mol. The van der Waals surface area contributed by atoms with Crippen molar-refractivity contribution < 1.29 is 23.1 Å². The fourth-order valence-electron chi connectivity index (χ4n) is 2.85. The van der Waals surface area contributed by atoms with Crippen LogP contribution in [0.4, 0.5) is 0 Å². The highest BCUT2D eigenvalue weighted by Crippen LogP contribution is 2.27. The Balaban J connectivity index is 2.22. The van der Waals surface area contributed by atoms with E-state index in [-0.39, 0.29) is 34.3 Å². The number of amides is 1. The van der Waals surface area contributed by atoms with E-state index in [2.05, 4.69) is 0 Å². The lowest BCUT2D eigenvalue weighted by Gasteiger charge is -2.24. The van der Waals surface area contributed by atoms with E-state index < -0.39 is 33.4 Å². The minimum Gasteiger partial charge on any atom is -0.481 e. The highest BCUT2D eigenvalue weighted by Gasteiger charge is 2.29. The minimum absolute atomic E-state index is 0.0641. The fraction of sp³-hybridized carbons (Fsp3) is 0.300. The first-order valence-corrected chi connectivity index (χ1v) is 11.2. The van der Waals surface area contributed by atoms with E-state index in [0.717, 1.165) is 5.56 Å². The average molecular weight is 458 g/mol. The van der Waals surface area contributed by atoms with Gasteiger partial charge in [0.2, 0.25) is 5.91 Å². The standard InChI is InChI=1S/C20H21Cl2NO5S/c1-23(12-14-5-3-2-4-6-14)20(26)15(7-10-19(24)25)13-29(27,28)16-8-9-17(21)18(22)11-16/h2-6,8-9,11,15H,7,10,12-13H2,1H3,(H,24,25).